The van der Waals surface area contributed by atoms with Gasteiger partial charge in [-0.3, -0.25) is 8.98 Å². The fourth-order valence-corrected chi connectivity index (χ4v) is 6.43. The van der Waals surface area contributed by atoms with Gasteiger partial charge in [-0.25, -0.2) is 15.1 Å². The minimum atomic E-state index is -3.94. The van der Waals surface area contributed by atoms with E-state index in [-0.39, 0.29) is 29.6 Å². The van der Waals surface area contributed by atoms with Crippen LogP contribution in [-0.2, 0) is 21.0 Å². The lowest BCUT2D eigenvalue weighted by Crippen LogP contribution is -2.23. The number of thioether (sulfide) groups is 1. The fraction of sp³-hybridized carbons (Fsp3) is 0.400. The molecule has 5 rings (SSSR count). The van der Waals surface area contributed by atoms with Crippen molar-refractivity contribution < 1.29 is 17.4 Å². The summed E-state index contributed by atoms with van der Waals surface area (Å²) in [6.45, 7) is 2.91. The van der Waals surface area contributed by atoms with E-state index in [1.54, 1.807) is 18.0 Å². The number of carbonyl (C=O) groups excluding carboxylic acids is 1. The number of fused-ring (bicyclic) bond motifs is 1. The highest BCUT2D eigenvalue weighted by atomic mass is 32.2. The van der Waals surface area contributed by atoms with Gasteiger partial charge in [0.05, 0.1) is 17.4 Å². The van der Waals surface area contributed by atoms with Gasteiger partial charge in [-0.05, 0) is 72.6 Å². The van der Waals surface area contributed by atoms with Crippen molar-refractivity contribution in [3.63, 3.8) is 0 Å². The Morgan fingerprint density at radius 1 is 1.31 bits per heavy atom. The Labute approximate surface area is 214 Å². The van der Waals surface area contributed by atoms with E-state index in [1.165, 1.54) is 28.4 Å². The number of hydrogen-bond donors (Lipinski definition) is 2. The van der Waals surface area contributed by atoms with Gasteiger partial charge < -0.3 is 9.88 Å². The van der Waals surface area contributed by atoms with Crippen molar-refractivity contribution in [2.45, 2.75) is 50.4 Å². The van der Waals surface area contributed by atoms with Crippen molar-refractivity contribution >= 4 is 44.6 Å². The van der Waals surface area contributed by atoms with Gasteiger partial charge in [-0.2, -0.15) is 8.42 Å². The molecule has 1 aliphatic carbocycles. The van der Waals surface area contributed by atoms with Crippen LogP contribution in [0.15, 0.2) is 54.0 Å². The SMILES string of the molecule is Cc1ccc2ccn(CC3=CSC(C(=O)c4cncnc4N[C@H]4CC[C@@H](COS(N)(=O)=O)C4)C3)c2c1. The Morgan fingerprint density at radius 2 is 2.17 bits per heavy atom. The molecule has 11 heteroatoms. The van der Waals surface area contributed by atoms with Crippen LogP contribution in [0.1, 0.15) is 41.6 Å². The van der Waals surface area contributed by atoms with E-state index in [0.717, 1.165) is 19.4 Å². The van der Waals surface area contributed by atoms with Gasteiger partial charge in [0.2, 0.25) is 0 Å². The molecule has 9 nitrogen and oxygen atoms in total. The first-order chi connectivity index (χ1) is 17.2. The van der Waals surface area contributed by atoms with Gasteiger partial charge in [-0.15, -0.1) is 11.8 Å². The Morgan fingerprint density at radius 3 is 3.00 bits per heavy atom. The third kappa shape index (κ3) is 5.80. The Hall–Kier alpha value is -2.73. The number of ketones is 1. The number of benzene rings is 1. The number of rotatable bonds is 9. The van der Waals surface area contributed by atoms with Crippen LogP contribution in [0.4, 0.5) is 5.82 Å². The normalized spacial score (nSPS) is 22.2. The van der Waals surface area contributed by atoms with Gasteiger partial charge in [0.15, 0.2) is 5.78 Å². The Bertz CT molecular complexity index is 1420. The van der Waals surface area contributed by atoms with Gasteiger partial charge in [0.1, 0.15) is 12.1 Å². The van der Waals surface area contributed by atoms with Crippen LogP contribution in [-0.4, -0.2) is 46.6 Å². The maximum atomic E-state index is 13.4. The van der Waals surface area contributed by atoms with Crippen LogP contribution in [0.3, 0.4) is 0 Å². The minimum Gasteiger partial charge on any atom is -0.367 e. The molecule has 0 bridgehead atoms. The van der Waals surface area contributed by atoms with Gasteiger partial charge in [0, 0.05) is 30.5 Å². The van der Waals surface area contributed by atoms with E-state index in [9.17, 15) is 13.2 Å². The molecule has 1 aliphatic heterocycles. The molecule has 0 saturated heterocycles. The van der Waals surface area contributed by atoms with Crippen LogP contribution >= 0.6 is 11.8 Å². The Kier molecular flexibility index (Phi) is 7.16. The lowest BCUT2D eigenvalue weighted by Gasteiger charge is -2.17. The molecule has 0 radical (unpaired) electrons. The summed E-state index contributed by atoms with van der Waals surface area (Å²) in [6, 6.07) is 8.62. The van der Waals surface area contributed by atoms with Crippen molar-refractivity contribution in [2.75, 3.05) is 11.9 Å². The van der Waals surface area contributed by atoms with Crippen molar-refractivity contribution in [3.8, 4) is 0 Å². The smallest absolute Gasteiger partial charge is 0.333 e. The molecular weight excluding hydrogens is 498 g/mol. The van der Waals surface area contributed by atoms with E-state index in [0.29, 0.717) is 24.2 Å². The maximum absolute atomic E-state index is 13.4. The number of aromatic nitrogens is 3. The summed E-state index contributed by atoms with van der Waals surface area (Å²) in [5.41, 5.74) is 4.12. The fourth-order valence-electron chi connectivity index (χ4n) is 4.96. The first kappa shape index (κ1) is 24.9. The number of nitrogens with two attached hydrogens (primary N) is 1. The predicted molar refractivity (Wildman–Crippen MR) is 141 cm³/mol. The number of nitrogens with one attached hydrogen (secondary N) is 1. The second kappa shape index (κ2) is 10.3. The summed E-state index contributed by atoms with van der Waals surface area (Å²) in [5, 5.41) is 11.4. The molecule has 1 fully saturated rings. The molecule has 3 atom stereocenters. The molecule has 1 saturated carbocycles. The van der Waals surface area contributed by atoms with E-state index in [1.807, 2.05) is 0 Å². The molecule has 36 heavy (non-hydrogen) atoms. The Balaban J connectivity index is 1.21. The zero-order chi connectivity index (χ0) is 25.3. The molecule has 3 aromatic rings. The summed E-state index contributed by atoms with van der Waals surface area (Å²) < 4.78 is 29.1. The van der Waals surface area contributed by atoms with E-state index in [4.69, 9.17) is 9.32 Å². The van der Waals surface area contributed by atoms with Crippen molar-refractivity contribution in [2.24, 2.45) is 11.1 Å². The number of Topliss-reactive ketones (excluding diaryl/α,β-unsaturated/α-hetero) is 1. The van der Waals surface area contributed by atoms with E-state index < -0.39 is 10.3 Å². The topological polar surface area (TPSA) is 129 Å². The second-order valence-corrected chi connectivity index (χ2v) is 11.9. The highest BCUT2D eigenvalue weighted by Crippen LogP contribution is 2.35. The van der Waals surface area contributed by atoms with Gasteiger partial charge >= 0.3 is 10.3 Å². The lowest BCUT2D eigenvalue weighted by atomic mass is 10.0. The van der Waals surface area contributed by atoms with Crippen molar-refractivity contribution in [3.05, 3.63) is 65.1 Å². The van der Waals surface area contributed by atoms with Gasteiger partial charge in [0.25, 0.3) is 0 Å². The van der Waals surface area contributed by atoms with Crippen LogP contribution in [0.25, 0.3) is 10.9 Å². The highest BCUT2D eigenvalue weighted by Gasteiger charge is 2.31. The zero-order valence-corrected chi connectivity index (χ0v) is 21.6. The number of hydrogen-bond acceptors (Lipinski definition) is 8. The summed E-state index contributed by atoms with van der Waals surface area (Å²) >= 11 is 1.55. The average Bonchev–Trinajstić information content (AvgIpc) is 3.58. The summed E-state index contributed by atoms with van der Waals surface area (Å²) in [5.74, 6) is 0.608. The largest absolute Gasteiger partial charge is 0.367 e. The number of carbonyl (C=O) groups is 1. The molecule has 1 unspecified atom stereocenters. The van der Waals surface area contributed by atoms with Crippen molar-refractivity contribution in [1.82, 2.24) is 14.5 Å². The molecule has 2 aliphatic rings. The van der Waals surface area contributed by atoms with E-state index in [2.05, 4.69) is 62.6 Å². The maximum Gasteiger partial charge on any atom is 0.333 e. The second-order valence-electron chi connectivity index (χ2n) is 9.56. The first-order valence-electron chi connectivity index (χ1n) is 11.9. The monoisotopic (exact) mass is 527 g/mol. The molecule has 0 amide bonds. The molecule has 3 N–H and O–H groups in total. The van der Waals surface area contributed by atoms with E-state index >= 15 is 0 Å². The first-order valence-corrected chi connectivity index (χ1v) is 14.3. The average molecular weight is 528 g/mol. The summed E-state index contributed by atoms with van der Waals surface area (Å²) in [4.78, 5) is 21.9. The third-order valence-corrected chi connectivity index (χ3v) is 8.41. The van der Waals surface area contributed by atoms with Crippen LogP contribution in [0.5, 0.6) is 0 Å². The number of allylic oxidation sites excluding steroid dienone is 1. The molecule has 0 spiro atoms. The summed E-state index contributed by atoms with van der Waals surface area (Å²) in [6.07, 6.45) is 8.13. The van der Waals surface area contributed by atoms with Crippen LogP contribution < -0.4 is 10.5 Å². The third-order valence-electron chi connectivity index (χ3n) is 6.77. The molecule has 3 heterocycles. The lowest BCUT2D eigenvalue weighted by molar-refractivity contribution is 0.0989. The van der Waals surface area contributed by atoms with Crippen LogP contribution in [0.2, 0.25) is 0 Å². The number of anilines is 1. The molecule has 1 aromatic carbocycles. The quantitative estimate of drug-likeness (QED) is 0.402. The molecule has 2 aromatic heterocycles. The predicted octanol–water partition coefficient (Wildman–Crippen LogP) is 3.81. The zero-order valence-electron chi connectivity index (χ0n) is 20.0. The summed E-state index contributed by atoms with van der Waals surface area (Å²) in [7, 11) is -3.94. The molecule has 190 valence electrons. The standard InChI is InChI=1S/C25H29N5O4S2/c1-16-2-4-19-6-7-30(22(19)8-16)12-18-10-23(35-14-18)24(31)21-11-27-15-28-25(21)29-20-5-3-17(9-20)13-34-36(26,32)33/h2,4,6-8,11,14-15,17,20,23H,3,5,9-10,12-13H2,1H3,(H2,26,32,33)(H,27,28,29)/t17-,20+,23?/m1/s1. The minimum absolute atomic E-state index is 0.00895. The number of aryl methyl sites for hydroxylation is 1. The van der Waals surface area contributed by atoms with Crippen molar-refractivity contribution in [1.29, 1.82) is 0 Å². The highest BCUT2D eigenvalue weighted by molar-refractivity contribution is 8.03. The van der Waals surface area contributed by atoms with Crippen LogP contribution in [0, 0.1) is 12.8 Å². The molecular formula is C25H29N5O4S2. The number of nitrogens with zero attached hydrogens (tertiary/aromatic N) is 3. The van der Waals surface area contributed by atoms with Gasteiger partial charge in [-0.1, -0.05) is 12.1 Å².